The van der Waals surface area contributed by atoms with Gasteiger partial charge in [0, 0.05) is 37.8 Å². The van der Waals surface area contributed by atoms with E-state index in [2.05, 4.69) is 25.6 Å². The Morgan fingerprint density at radius 1 is 1.04 bits per heavy atom. The maximum atomic E-state index is 14.4. The Kier molecular flexibility index (Phi) is 11.2. The minimum Gasteiger partial charge on any atom is -0.395 e. The number of fused-ring (bicyclic) bond motifs is 2. The fraction of sp³-hybridized carbons (Fsp3) is 0.382. The second-order valence-corrected chi connectivity index (χ2v) is 11.9. The van der Waals surface area contributed by atoms with Gasteiger partial charge in [-0.25, -0.2) is 18.3 Å². The SMILES string of the molecule is CC(=O)c1ccc2c(c1C)CC[C@@H]2NC(=O)c1cc(C(=O)NCc2ccc(F)c(C(F)(F)F)c2)nc2c(F)cnn12.OCCN1CCOCC1. The van der Waals surface area contributed by atoms with Crippen molar-refractivity contribution in [1.82, 2.24) is 30.1 Å². The van der Waals surface area contributed by atoms with Crippen LogP contribution in [0.25, 0.3) is 5.65 Å². The lowest BCUT2D eigenvalue weighted by Crippen LogP contribution is -2.37. The first-order valence-corrected chi connectivity index (χ1v) is 15.8. The Morgan fingerprint density at radius 3 is 2.46 bits per heavy atom. The minimum atomic E-state index is -4.92. The molecule has 6 rings (SSSR count). The van der Waals surface area contributed by atoms with Gasteiger partial charge >= 0.3 is 6.18 Å². The van der Waals surface area contributed by atoms with Gasteiger partial charge in [-0.3, -0.25) is 19.3 Å². The quantitative estimate of drug-likeness (QED) is 0.184. The van der Waals surface area contributed by atoms with Crippen molar-refractivity contribution in [3.63, 3.8) is 0 Å². The zero-order valence-electron chi connectivity index (χ0n) is 27.2. The Balaban J connectivity index is 0.000000470. The van der Waals surface area contributed by atoms with Crippen LogP contribution in [0.2, 0.25) is 0 Å². The van der Waals surface area contributed by atoms with Crippen molar-refractivity contribution in [3.05, 3.63) is 99.0 Å². The number of alkyl halides is 3. The fourth-order valence-corrected chi connectivity index (χ4v) is 6.00. The molecule has 0 unspecified atom stereocenters. The van der Waals surface area contributed by atoms with E-state index in [1.165, 1.54) is 6.92 Å². The number of carbonyl (C=O) groups excluding carboxylic acids is 3. The summed E-state index contributed by atoms with van der Waals surface area (Å²) < 4.78 is 73.2. The number of Topliss-reactive ketones (excluding diaryl/α,β-unsaturated/α-hetero) is 1. The van der Waals surface area contributed by atoms with Crippen LogP contribution < -0.4 is 10.6 Å². The molecular formula is C34H35F5N6O5. The van der Waals surface area contributed by atoms with Gasteiger partial charge in [-0.1, -0.05) is 18.2 Å². The summed E-state index contributed by atoms with van der Waals surface area (Å²) in [5, 5.41) is 17.6. The van der Waals surface area contributed by atoms with Gasteiger partial charge in [-0.05, 0) is 61.1 Å². The zero-order valence-corrected chi connectivity index (χ0v) is 27.2. The number of hydrogen-bond donors (Lipinski definition) is 3. The van der Waals surface area contributed by atoms with Gasteiger partial charge in [0.15, 0.2) is 17.2 Å². The highest BCUT2D eigenvalue weighted by molar-refractivity contribution is 5.99. The number of rotatable bonds is 8. The molecule has 0 radical (unpaired) electrons. The molecule has 4 aromatic rings. The maximum absolute atomic E-state index is 14.4. The predicted molar refractivity (Wildman–Crippen MR) is 170 cm³/mol. The molecule has 2 aromatic carbocycles. The topological polar surface area (TPSA) is 138 Å². The maximum Gasteiger partial charge on any atom is 0.419 e. The summed E-state index contributed by atoms with van der Waals surface area (Å²) in [7, 11) is 0. The molecule has 2 aromatic heterocycles. The van der Waals surface area contributed by atoms with Gasteiger partial charge < -0.3 is 20.5 Å². The van der Waals surface area contributed by atoms with Gasteiger partial charge in [0.2, 0.25) is 0 Å². The van der Waals surface area contributed by atoms with Crippen molar-refractivity contribution in [3.8, 4) is 0 Å². The first-order valence-electron chi connectivity index (χ1n) is 15.8. The van der Waals surface area contributed by atoms with Crippen LogP contribution in [0, 0.1) is 18.6 Å². The van der Waals surface area contributed by atoms with Crippen molar-refractivity contribution < 1.29 is 46.2 Å². The highest BCUT2D eigenvalue weighted by atomic mass is 19.4. The van der Waals surface area contributed by atoms with Crippen molar-refractivity contribution in [2.75, 3.05) is 39.5 Å². The molecule has 2 aliphatic rings. The van der Waals surface area contributed by atoms with Crippen LogP contribution in [0.1, 0.15) is 78.5 Å². The van der Waals surface area contributed by atoms with Crippen molar-refractivity contribution in [1.29, 1.82) is 0 Å². The van der Waals surface area contributed by atoms with Gasteiger partial charge in [-0.15, -0.1) is 0 Å². The molecular weight excluding hydrogens is 667 g/mol. The van der Waals surface area contributed by atoms with Crippen LogP contribution in [-0.2, 0) is 23.9 Å². The van der Waals surface area contributed by atoms with E-state index < -0.39 is 53.4 Å². The van der Waals surface area contributed by atoms with Crippen LogP contribution in [0.15, 0.2) is 42.6 Å². The smallest absolute Gasteiger partial charge is 0.395 e. The largest absolute Gasteiger partial charge is 0.419 e. The number of ether oxygens (including phenoxy) is 1. The number of halogens is 5. The lowest BCUT2D eigenvalue weighted by molar-refractivity contribution is -0.140. The van der Waals surface area contributed by atoms with Gasteiger partial charge in [-0.2, -0.15) is 18.3 Å². The molecule has 0 saturated carbocycles. The molecule has 1 fully saturated rings. The second-order valence-electron chi connectivity index (χ2n) is 11.9. The monoisotopic (exact) mass is 702 g/mol. The molecule has 16 heteroatoms. The Hall–Kier alpha value is -4.80. The third kappa shape index (κ3) is 8.14. The highest BCUT2D eigenvalue weighted by Gasteiger charge is 2.34. The van der Waals surface area contributed by atoms with E-state index in [0.29, 0.717) is 30.5 Å². The normalized spacial score (nSPS) is 16.0. The molecule has 1 aliphatic carbocycles. The number of nitrogens with one attached hydrogen (secondary N) is 2. The first kappa shape index (κ1) is 36.5. The average Bonchev–Trinajstić information content (AvgIpc) is 3.67. The predicted octanol–water partition coefficient (Wildman–Crippen LogP) is 4.20. The lowest BCUT2D eigenvalue weighted by atomic mass is 9.96. The number of benzene rings is 2. The molecule has 50 heavy (non-hydrogen) atoms. The van der Waals surface area contributed by atoms with E-state index in [1.54, 1.807) is 12.1 Å². The van der Waals surface area contributed by atoms with E-state index in [4.69, 9.17) is 9.84 Å². The van der Waals surface area contributed by atoms with Crippen molar-refractivity contribution in [2.45, 2.75) is 45.5 Å². The number of β-amino-alcohol motifs (C(OH)–C–C–N with tert-alkyl or cyclic N) is 1. The third-order valence-corrected chi connectivity index (χ3v) is 8.58. The number of amides is 2. The Morgan fingerprint density at radius 2 is 1.78 bits per heavy atom. The van der Waals surface area contributed by atoms with Gasteiger partial charge in [0.25, 0.3) is 11.8 Å². The number of aliphatic hydroxyl groups excluding tert-OH is 1. The number of nitrogens with zero attached hydrogens (tertiary/aromatic N) is 4. The number of ketones is 1. The number of morpholine rings is 1. The summed E-state index contributed by atoms with van der Waals surface area (Å²) >= 11 is 0. The van der Waals surface area contributed by atoms with Crippen LogP contribution in [0.3, 0.4) is 0 Å². The van der Waals surface area contributed by atoms with Crippen molar-refractivity contribution in [2.24, 2.45) is 0 Å². The summed E-state index contributed by atoms with van der Waals surface area (Å²) in [6, 6.07) is 6.46. The second kappa shape index (κ2) is 15.4. The van der Waals surface area contributed by atoms with Crippen LogP contribution in [-0.4, -0.2) is 81.7 Å². The molecule has 0 spiro atoms. The van der Waals surface area contributed by atoms with E-state index >= 15 is 0 Å². The summed E-state index contributed by atoms with van der Waals surface area (Å²) in [5.74, 6) is -4.00. The molecule has 2 amide bonds. The van der Waals surface area contributed by atoms with E-state index in [-0.39, 0.29) is 29.3 Å². The number of aromatic nitrogens is 3. The molecule has 3 heterocycles. The summed E-state index contributed by atoms with van der Waals surface area (Å²) in [6.45, 7) is 7.55. The standard InChI is InChI=1S/C28H22F5N5O3.C6H13NO2/c1-13-16(14(2)39)4-5-18-17(13)6-8-22(18)37-27(41)24-10-23(36-25-21(30)12-35-38(24)25)26(40)34-11-15-3-7-20(29)19(9-15)28(31,32)33;8-4-1-7-2-5-9-6-3-7/h3-5,7,9-10,12,22H,6,8,11H2,1-2H3,(H,34,40)(H,37,41);8H,1-6H2/t22-;/m0./s1. The highest BCUT2D eigenvalue weighted by Crippen LogP contribution is 2.35. The molecule has 266 valence electrons. The van der Waals surface area contributed by atoms with Crippen LogP contribution in [0.5, 0.6) is 0 Å². The van der Waals surface area contributed by atoms with Crippen LogP contribution in [0.4, 0.5) is 22.0 Å². The summed E-state index contributed by atoms with van der Waals surface area (Å²) in [4.78, 5) is 44.3. The Labute approximate surface area is 283 Å². The lowest BCUT2D eigenvalue weighted by Gasteiger charge is -2.25. The third-order valence-electron chi connectivity index (χ3n) is 8.58. The molecule has 1 atom stereocenters. The zero-order chi connectivity index (χ0) is 36.2. The van der Waals surface area contributed by atoms with E-state index in [0.717, 1.165) is 72.4 Å². The molecule has 1 saturated heterocycles. The molecule has 0 bridgehead atoms. The van der Waals surface area contributed by atoms with Gasteiger partial charge in [0.05, 0.1) is 37.6 Å². The van der Waals surface area contributed by atoms with E-state index in [9.17, 15) is 36.3 Å². The fourth-order valence-electron chi connectivity index (χ4n) is 6.00. The molecule has 3 N–H and O–H groups in total. The average molecular weight is 703 g/mol. The minimum absolute atomic E-state index is 0.0372. The van der Waals surface area contributed by atoms with E-state index in [1.807, 2.05) is 6.92 Å². The van der Waals surface area contributed by atoms with Gasteiger partial charge in [0.1, 0.15) is 17.2 Å². The number of carbonyl (C=O) groups is 3. The summed E-state index contributed by atoms with van der Waals surface area (Å²) in [5.41, 5.74) is 0.743. The molecule has 1 aliphatic heterocycles. The number of aliphatic hydroxyl groups is 1. The summed E-state index contributed by atoms with van der Waals surface area (Å²) in [6.07, 6.45) is -2.92. The Bertz CT molecular complexity index is 1900. The first-order chi connectivity index (χ1) is 23.8. The van der Waals surface area contributed by atoms with Crippen molar-refractivity contribution >= 4 is 23.2 Å². The molecule has 11 nitrogen and oxygen atoms in total. The number of hydrogen-bond acceptors (Lipinski definition) is 8. The van der Waals surface area contributed by atoms with Crippen LogP contribution >= 0.6 is 0 Å².